The molecule has 0 atom stereocenters. The van der Waals surface area contributed by atoms with Crippen LogP contribution in [0.2, 0.25) is 0 Å². The minimum atomic E-state index is 1.10. The van der Waals surface area contributed by atoms with Gasteiger partial charge in [-0.05, 0) is 18.1 Å². The van der Waals surface area contributed by atoms with E-state index in [1.165, 1.54) is 5.56 Å². The van der Waals surface area contributed by atoms with Crippen LogP contribution in [0.25, 0.3) is 6.08 Å². The summed E-state index contributed by atoms with van der Waals surface area (Å²) in [4.78, 5) is 2.99. The Hall–Kier alpha value is -0.980. The molecule has 1 N–H and O–H groups in total. The fourth-order valence-corrected chi connectivity index (χ4v) is 0.694. The molecule has 0 unspecified atom stereocenters. The predicted octanol–water partition coefficient (Wildman–Crippen LogP) is 2.44. The van der Waals surface area contributed by atoms with Crippen molar-refractivity contribution in [1.82, 2.24) is 4.98 Å². The minimum Gasteiger partial charge on any atom is -0.367 e. The topological polar surface area (TPSA) is 15.8 Å². The van der Waals surface area contributed by atoms with Gasteiger partial charge in [0.05, 0.1) is 0 Å². The lowest BCUT2D eigenvalue weighted by Gasteiger charge is -1.78. The van der Waals surface area contributed by atoms with E-state index in [1.807, 2.05) is 18.5 Å². The Morgan fingerprint density at radius 3 is 3.11 bits per heavy atom. The van der Waals surface area contributed by atoms with Crippen molar-refractivity contribution in [2.24, 2.45) is 0 Å². The van der Waals surface area contributed by atoms with Crippen molar-refractivity contribution >= 4 is 6.08 Å². The molecule has 1 aromatic heterocycles. The van der Waals surface area contributed by atoms with E-state index in [0.717, 1.165) is 6.42 Å². The zero-order chi connectivity index (χ0) is 6.53. The number of H-pyrrole nitrogens is 1. The van der Waals surface area contributed by atoms with Gasteiger partial charge >= 0.3 is 0 Å². The Labute approximate surface area is 55.4 Å². The van der Waals surface area contributed by atoms with Crippen LogP contribution in [-0.4, -0.2) is 4.98 Å². The van der Waals surface area contributed by atoms with E-state index >= 15 is 0 Å². The van der Waals surface area contributed by atoms with E-state index in [2.05, 4.69) is 24.1 Å². The Morgan fingerprint density at radius 1 is 1.67 bits per heavy atom. The van der Waals surface area contributed by atoms with Gasteiger partial charge in [0.15, 0.2) is 0 Å². The first-order valence-corrected chi connectivity index (χ1v) is 3.23. The van der Waals surface area contributed by atoms with Crippen LogP contribution < -0.4 is 0 Å². The van der Waals surface area contributed by atoms with Crippen LogP contribution in [0.1, 0.15) is 18.9 Å². The van der Waals surface area contributed by atoms with Crippen molar-refractivity contribution < 1.29 is 0 Å². The summed E-state index contributed by atoms with van der Waals surface area (Å²) in [5.41, 5.74) is 1.25. The minimum absolute atomic E-state index is 1.10. The highest BCUT2D eigenvalue weighted by Gasteiger charge is 1.80. The van der Waals surface area contributed by atoms with Crippen molar-refractivity contribution in [3.8, 4) is 0 Å². The molecule has 1 rings (SSSR count). The number of hydrogen-bond acceptors (Lipinski definition) is 0. The van der Waals surface area contributed by atoms with Crippen LogP contribution in [0.5, 0.6) is 0 Å². The van der Waals surface area contributed by atoms with Crippen LogP contribution in [0.15, 0.2) is 24.5 Å². The van der Waals surface area contributed by atoms with Gasteiger partial charge in [-0.3, -0.25) is 0 Å². The van der Waals surface area contributed by atoms with Crippen LogP contribution in [-0.2, 0) is 0 Å². The first kappa shape index (κ1) is 6.14. The summed E-state index contributed by atoms with van der Waals surface area (Å²) in [5.74, 6) is 0. The molecule has 0 aliphatic rings. The second kappa shape index (κ2) is 3.13. The van der Waals surface area contributed by atoms with Crippen molar-refractivity contribution in [2.45, 2.75) is 13.3 Å². The molecule has 1 heterocycles. The zero-order valence-electron chi connectivity index (χ0n) is 5.59. The number of rotatable bonds is 2. The molecule has 0 bridgehead atoms. The predicted molar refractivity (Wildman–Crippen MR) is 40.1 cm³/mol. The lowest BCUT2D eigenvalue weighted by molar-refractivity contribution is 1.23. The molecule has 1 aromatic rings. The van der Waals surface area contributed by atoms with Crippen molar-refractivity contribution in [3.05, 3.63) is 30.1 Å². The smallest absolute Gasteiger partial charge is 0.00779 e. The number of hydrogen-bond donors (Lipinski definition) is 1. The second-order valence-electron chi connectivity index (χ2n) is 1.95. The first-order chi connectivity index (χ1) is 4.43. The third-order valence-electron chi connectivity index (χ3n) is 1.17. The number of aromatic nitrogens is 1. The molecule has 48 valence electrons. The molecule has 9 heavy (non-hydrogen) atoms. The normalized spacial score (nSPS) is 10.8. The summed E-state index contributed by atoms with van der Waals surface area (Å²) in [5, 5.41) is 0. The summed E-state index contributed by atoms with van der Waals surface area (Å²) in [6.07, 6.45) is 9.26. The van der Waals surface area contributed by atoms with Crippen LogP contribution >= 0.6 is 0 Å². The molecular formula is C8H11N. The van der Waals surface area contributed by atoms with Crippen molar-refractivity contribution in [3.63, 3.8) is 0 Å². The second-order valence-corrected chi connectivity index (χ2v) is 1.95. The number of allylic oxidation sites excluding steroid dienone is 1. The molecule has 1 nitrogen and oxygen atoms in total. The van der Waals surface area contributed by atoms with Gasteiger partial charge in [-0.15, -0.1) is 0 Å². The van der Waals surface area contributed by atoms with Gasteiger partial charge in [0, 0.05) is 12.4 Å². The fraction of sp³-hybridized carbons (Fsp3) is 0.250. The maximum absolute atomic E-state index is 2.99. The van der Waals surface area contributed by atoms with Gasteiger partial charge in [-0.25, -0.2) is 0 Å². The Morgan fingerprint density at radius 2 is 2.56 bits per heavy atom. The highest BCUT2D eigenvalue weighted by atomic mass is 14.6. The van der Waals surface area contributed by atoms with Crippen LogP contribution in [0, 0.1) is 0 Å². The summed E-state index contributed by atoms with van der Waals surface area (Å²) in [6, 6.07) is 2.05. The number of aromatic amines is 1. The Balaban J connectivity index is 2.57. The molecule has 0 spiro atoms. The highest BCUT2D eigenvalue weighted by Crippen LogP contribution is 1.99. The maximum Gasteiger partial charge on any atom is 0.00779 e. The molecule has 0 fully saturated rings. The van der Waals surface area contributed by atoms with Gasteiger partial charge in [0.2, 0.25) is 0 Å². The van der Waals surface area contributed by atoms with E-state index in [4.69, 9.17) is 0 Å². The lowest BCUT2D eigenvalue weighted by Crippen LogP contribution is -1.58. The average molecular weight is 121 g/mol. The van der Waals surface area contributed by atoms with Crippen LogP contribution in [0.4, 0.5) is 0 Å². The van der Waals surface area contributed by atoms with E-state index < -0.39 is 0 Å². The summed E-state index contributed by atoms with van der Waals surface area (Å²) >= 11 is 0. The van der Waals surface area contributed by atoms with E-state index in [0.29, 0.717) is 0 Å². The molecular weight excluding hydrogens is 110 g/mol. The average Bonchev–Trinajstić information content (AvgIpc) is 2.34. The first-order valence-electron chi connectivity index (χ1n) is 3.23. The fourth-order valence-electron chi connectivity index (χ4n) is 0.694. The Kier molecular flexibility index (Phi) is 2.13. The lowest BCUT2D eigenvalue weighted by atomic mass is 10.3. The van der Waals surface area contributed by atoms with E-state index in [9.17, 15) is 0 Å². The summed E-state index contributed by atoms with van der Waals surface area (Å²) in [6.45, 7) is 2.13. The molecule has 0 saturated heterocycles. The van der Waals surface area contributed by atoms with Gasteiger partial charge in [0.25, 0.3) is 0 Å². The maximum atomic E-state index is 2.99. The molecule has 0 saturated carbocycles. The zero-order valence-corrected chi connectivity index (χ0v) is 5.59. The van der Waals surface area contributed by atoms with Crippen molar-refractivity contribution in [1.29, 1.82) is 0 Å². The van der Waals surface area contributed by atoms with E-state index in [1.54, 1.807) is 0 Å². The van der Waals surface area contributed by atoms with Gasteiger partial charge in [0.1, 0.15) is 0 Å². The van der Waals surface area contributed by atoms with Gasteiger partial charge < -0.3 is 4.98 Å². The van der Waals surface area contributed by atoms with E-state index in [-0.39, 0.29) is 0 Å². The van der Waals surface area contributed by atoms with Crippen LogP contribution in [0.3, 0.4) is 0 Å². The van der Waals surface area contributed by atoms with Crippen molar-refractivity contribution in [2.75, 3.05) is 0 Å². The summed E-state index contributed by atoms with van der Waals surface area (Å²) in [7, 11) is 0. The third-order valence-corrected chi connectivity index (χ3v) is 1.17. The van der Waals surface area contributed by atoms with Gasteiger partial charge in [-0.1, -0.05) is 19.1 Å². The Bertz CT molecular complexity index is 172. The quantitative estimate of drug-likeness (QED) is 0.618. The standard InChI is InChI=1S/C8H11N/c1-2-3-4-8-5-6-9-7-8/h3-7,9H,2H2,1H3. The molecule has 0 amide bonds. The molecule has 0 aromatic carbocycles. The third kappa shape index (κ3) is 1.76. The molecule has 0 aliphatic heterocycles. The SMILES string of the molecule is CCC=Cc1cc[nH]c1. The highest BCUT2D eigenvalue weighted by molar-refractivity contribution is 5.47. The number of nitrogens with one attached hydrogen (secondary N) is 1. The molecule has 0 radical (unpaired) electrons. The molecule has 1 heteroatoms. The van der Waals surface area contributed by atoms with Gasteiger partial charge in [-0.2, -0.15) is 0 Å². The monoisotopic (exact) mass is 121 g/mol. The largest absolute Gasteiger partial charge is 0.367 e. The summed E-state index contributed by atoms with van der Waals surface area (Å²) < 4.78 is 0. The molecule has 0 aliphatic carbocycles.